The van der Waals surface area contributed by atoms with Crippen molar-refractivity contribution in [2.24, 2.45) is 7.05 Å². The highest BCUT2D eigenvalue weighted by Crippen LogP contribution is 2.15. The predicted molar refractivity (Wildman–Crippen MR) is 103 cm³/mol. The highest BCUT2D eigenvalue weighted by Gasteiger charge is 2.17. The van der Waals surface area contributed by atoms with E-state index < -0.39 is 17.2 Å². The van der Waals surface area contributed by atoms with Crippen LogP contribution in [0.25, 0.3) is 22.1 Å². The van der Waals surface area contributed by atoms with Crippen LogP contribution in [0.2, 0.25) is 0 Å². The summed E-state index contributed by atoms with van der Waals surface area (Å²) in [5.41, 5.74) is 1.09. The number of para-hydroxylation sites is 1. The molecule has 1 aromatic carbocycles. The van der Waals surface area contributed by atoms with Crippen molar-refractivity contribution < 1.29 is 9.53 Å². The van der Waals surface area contributed by atoms with Gasteiger partial charge in [0, 0.05) is 18.3 Å². The van der Waals surface area contributed by atoms with E-state index in [-0.39, 0.29) is 36.6 Å². The number of rotatable bonds is 5. The van der Waals surface area contributed by atoms with E-state index in [0.29, 0.717) is 0 Å². The van der Waals surface area contributed by atoms with Crippen molar-refractivity contribution in [1.82, 2.24) is 24.1 Å². The lowest BCUT2D eigenvalue weighted by Crippen LogP contribution is -2.39. The number of aromatic amines is 2. The molecule has 0 spiro atoms. The van der Waals surface area contributed by atoms with Crippen molar-refractivity contribution in [2.75, 3.05) is 6.61 Å². The molecule has 0 amide bonds. The van der Waals surface area contributed by atoms with Gasteiger partial charge in [-0.05, 0) is 24.4 Å². The molecule has 0 saturated heterocycles. The summed E-state index contributed by atoms with van der Waals surface area (Å²) >= 11 is 0. The van der Waals surface area contributed by atoms with Crippen LogP contribution >= 0.6 is 0 Å². The van der Waals surface area contributed by atoms with E-state index in [2.05, 4.69) is 15.0 Å². The summed E-state index contributed by atoms with van der Waals surface area (Å²) in [5.74, 6) is -0.172. The van der Waals surface area contributed by atoms with Gasteiger partial charge in [0.25, 0.3) is 5.56 Å². The zero-order valence-corrected chi connectivity index (χ0v) is 15.5. The van der Waals surface area contributed by atoms with Crippen LogP contribution in [0.4, 0.5) is 0 Å². The van der Waals surface area contributed by atoms with Crippen molar-refractivity contribution >= 4 is 28.0 Å². The first kappa shape index (κ1) is 17.8. The van der Waals surface area contributed by atoms with Crippen molar-refractivity contribution in [2.45, 2.75) is 19.9 Å². The molecular weight excluding hydrogens is 362 g/mol. The molecule has 9 nitrogen and oxygen atoms in total. The van der Waals surface area contributed by atoms with E-state index in [1.165, 1.54) is 4.57 Å². The van der Waals surface area contributed by atoms with Crippen LogP contribution in [0.1, 0.15) is 18.4 Å². The van der Waals surface area contributed by atoms with Crippen LogP contribution < -0.4 is 11.2 Å². The number of H-pyrrole nitrogens is 2. The molecule has 0 atom stereocenters. The first-order valence-electron chi connectivity index (χ1n) is 8.88. The van der Waals surface area contributed by atoms with Gasteiger partial charge in [-0.15, -0.1) is 0 Å². The van der Waals surface area contributed by atoms with Crippen molar-refractivity contribution in [3.8, 4) is 0 Å². The summed E-state index contributed by atoms with van der Waals surface area (Å²) < 4.78 is 7.34. The quantitative estimate of drug-likeness (QED) is 0.502. The largest absolute Gasteiger partial charge is 0.466 e. The Morgan fingerprint density at radius 2 is 2.00 bits per heavy atom. The number of nitrogens with one attached hydrogen (secondary N) is 2. The third-order valence-corrected chi connectivity index (χ3v) is 4.56. The lowest BCUT2D eigenvalue weighted by Gasteiger charge is -2.06. The van der Waals surface area contributed by atoms with Crippen molar-refractivity contribution in [3.05, 3.63) is 62.7 Å². The molecule has 28 heavy (non-hydrogen) atoms. The molecule has 2 N–H and O–H groups in total. The number of aryl methyl sites for hydroxylation is 1. The van der Waals surface area contributed by atoms with Gasteiger partial charge in [0.15, 0.2) is 5.65 Å². The smallest absolute Gasteiger partial charge is 0.332 e. The molecule has 0 aliphatic rings. The van der Waals surface area contributed by atoms with Gasteiger partial charge >= 0.3 is 11.7 Å². The van der Waals surface area contributed by atoms with Crippen LogP contribution in [0.15, 0.2) is 39.9 Å². The van der Waals surface area contributed by atoms with E-state index >= 15 is 0 Å². The van der Waals surface area contributed by atoms with Crippen LogP contribution in [0, 0.1) is 0 Å². The molecule has 0 fully saturated rings. The Hall–Kier alpha value is -3.62. The number of hydrogen-bond acceptors (Lipinski definition) is 5. The minimum Gasteiger partial charge on any atom is -0.466 e. The van der Waals surface area contributed by atoms with Crippen molar-refractivity contribution in [3.63, 3.8) is 0 Å². The molecule has 0 aliphatic carbocycles. The molecule has 0 unspecified atom stereocenters. The molecule has 3 aromatic heterocycles. The standard InChI is InChI=1S/C19H19N5O4/c1-3-28-15(25)9-14-21-16-17(22-14)23(2)19(27)24(18(16)26)10-12-8-11-6-4-5-7-13(11)20-12/h4-8,20H,3,9-10H2,1-2H3,(H,21,22). The van der Waals surface area contributed by atoms with Gasteiger partial charge in [-0.1, -0.05) is 18.2 Å². The van der Waals surface area contributed by atoms with E-state index in [0.717, 1.165) is 21.2 Å². The van der Waals surface area contributed by atoms with Crippen LogP contribution in [-0.4, -0.2) is 36.7 Å². The normalized spacial score (nSPS) is 11.4. The summed E-state index contributed by atoms with van der Waals surface area (Å²) in [4.78, 5) is 47.6. The summed E-state index contributed by atoms with van der Waals surface area (Å²) in [7, 11) is 1.54. The maximum absolute atomic E-state index is 12.9. The Morgan fingerprint density at radius 1 is 1.21 bits per heavy atom. The topological polar surface area (TPSA) is 115 Å². The van der Waals surface area contributed by atoms with Crippen molar-refractivity contribution in [1.29, 1.82) is 0 Å². The van der Waals surface area contributed by atoms with Crippen LogP contribution in [0.3, 0.4) is 0 Å². The minimum absolute atomic E-state index is 0.0990. The fraction of sp³-hybridized carbons (Fsp3) is 0.263. The first-order valence-corrected chi connectivity index (χ1v) is 8.88. The second-order valence-corrected chi connectivity index (χ2v) is 6.48. The summed E-state index contributed by atoms with van der Waals surface area (Å²) in [6, 6.07) is 9.63. The highest BCUT2D eigenvalue weighted by atomic mass is 16.5. The second kappa shape index (κ2) is 6.84. The number of esters is 1. The maximum atomic E-state index is 12.9. The molecule has 0 radical (unpaired) electrons. The number of imidazole rings is 1. The molecule has 0 saturated carbocycles. The lowest BCUT2D eigenvalue weighted by molar-refractivity contribution is -0.142. The molecule has 4 aromatic rings. The summed E-state index contributed by atoms with van der Waals surface area (Å²) in [5, 5.41) is 1.00. The van der Waals surface area contributed by atoms with E-state index in [9.17, 15) is 14.4 Å². The summed E-state index contributed by atoms with van der Waals surface area (Å²) in [6.45, 7) is 2.07. The Balaban J connectivity index is 1.77. The number of benzene rings is 1. The number of ether oxygens (including phenoxy) is 1. The monoisotopic (exact) mass is 381 g/mol. The average molecular weight is 381 g/mol. The van der Waals surface area contributed by atoms with Gasteiger partial charge in [-0.25, -0.2) is 9.78 Å². The third kappa shape index (κ3) is 3.00. The fourth-order valence-electron chi connectivity index (χ4n) is 3.26. The highest BCUT2D eigenvalue weighted by molar-refractivity contribution is 5.80. The number of fused-ring (bicyclic) bond motifs is 2. The van der Waals surface area contributed by atoms with E-state index in [1.54, 1.807) is 14.0 Å². The minimum atomic E-state index is -0.487. The molecule has 9 heteroatoms. The SMILES string of the molecule is CCOC(=O)Cc1nc2c([nH]1)c(=O)n(Cc1cc3ccccc3[nH]1)c(=O)n2C. The van der Waals surface area contributed by atoms with E-state index in [1.807, 2.05) is 30.3 Å². The summed E-state index contributed by atoms with van der Waals surface area (Å²) in [6.07, 6.45) is -0.0990. The number of hydrogen-bond donors (Lipinski definition) is 2. The third-order valence-electron chi connectivity index (χ3n) is 4.56. The molecule has 0 bridgehead atoms. The average Bonchev–Trinajstić information content (AvgIpc) is 3.27. The van der Waals surface area contributed by atoms with Gasteiger partial charge < -0.3 is 14.7 Å². The van der Waals surface area contributed by atoms with E-state index in [4.69, 9.17) is 4.74 Å². The maximum Gasteiger partial charge on any atom is 0.332 e. The fourth-order valence-corrected chi connectivity index (χ4v) is 3.26. The lowest BCUT2D eigenvalue weighted by atomic mass is 10.2. The molecule has 0 aliphatic heterocycles. The Morgan fingerprint density at radius 3 is 2.75 bits per heavy atom. The number of nitrogens with zero attached hydrogens (tertiary/aromatic N) is 3. The van der Waals surface area contributed by atoms with Gasteiger partial charge in [-0.2, -0.15) is 0 Å². The molecular formula is C19H19N5O4. The molecule has 4 rings (SSSR count). The zero-order chi connectivity index (χ0) is 19.8. The number of carbonyl (C=O) groups is 1. The van der Waals surface area contributed by atoms with Gasteiger partial charge in [0.1, 0.15) is 17.8 Å². The Labute approximate surface area is 158 Å². The first-order chi connectivity index (χ1) is 13.5. The molecule has 3 heterocycles. The van der Waals surface area contributed by atoms with Crippen LogP contribution in [0.5, 0.6) is 0 Å². The Bertz CT molecular complexity index is 1270. The second-order valence-electron chi connectivity index (χ2n) is 6.48. The van der Waals surface area contributed by atoms with Gasteiger partial charge in [0.2, 0.25) is 0 Å². The predicted octanol–water partition coefficient (Wildman–Crippen LogP) is 1.06. The number of carbonyl (C=O) groups excluding carboxylic acids is 1. The van der Waals surface area contributed by atoms with Gasteiger partial charge in [0.05, 0.1) is 13.2 Å². The van der Waals surface area contributed by atoms with Gasteiger partial charge in [-0.3, -0.25) is 18.7 Å². The number of aromatic nitrogens is 5. The Kier molecular flexibility index (Phi) is 4.34. The zero-order valence-electron chi connectivity index (χ0n) is 15.5. The molecule has 144 valence electrons. The van der Waals surface area contributed by atoms with Crippen LogP contribution in [-0.2, 0) is 29.5 Å².